The molecule has 1 rings (SSSR count). The zero-order valence-corrected chi connectivity index (χ0v) is 14.3. The van der Waals surface area contributed by atoms with Crippen LogP contribution in [-0.2, 0) is 9.47 Å². The number of methoxy groups -OCH3 is 2. The van der Waals surface area contributed by atoms with Crippen LogP contribution < -0.4 is 20.1 Å². The Hall–Kier alpha value is -1.99. The third-order valence-electron chi connectivity index (χ3n) is 2.92. The summed E-state index contributed by atoms with van der Waals surface area (Å²) in [5.41, 5.74) is 0.860. The monoisotopic (exact) mass is 325 g/mol. The van der Waals surface area contributed by atoms with Crippen molar-refractivity contribution in [1.82, 2.24) is 5.32 Å². The van der Waals surface area contributed by atoms with E-state index >= 15 is 0 Å². The summed E-state index contributed by atoms with van der Waals surface area (Å²) in [4.78, 5) is 4.17. The van der Waals surface area contributed by atoms with Crippen LogP contribution in [0.15, 0.2) is 23.2 Å². The lowest BCUT2D eigenvalue weighted by molar-refractivity contribution is 0.0734. The number of benzene rings is 1. The molecule has 0 aliphatic carbocycles. The van der Waals surface area contributed by atoms with Crippen molar-refractivity contribution in [2.24, 2.45) is 4.99 Å². The molecule has 0 aromatic heterocycles. The molecule has 0 atom stereocenters. The highest BCUT2D eigenvalue weighted by Gasteiger charge is 2.06. The van der Waals surface area contributed by atoms with Crippen LogP contribution in [0.5, 0.6) is 11.5 Å². The molecule has 7 nitrogen and oxygen atoms in total. The summed E-state index contributed by atoms with van der Waals surface area (Å²) in [5, 5.41) is 6.37. The molecule has 130 valence electrons. The van der Waals surface area contributed by atoms with Crippen molar-refractivity contribution in [3.8, 4) is 11.5 Å². The Labute approximate surface area is 138 Å². The highest BCUT2D eigenvalue weighted by Crippen LogP contribution is 2.30. The SMILES string of the molecule is CCOc1ccc(NC(=NC)NCCOCCOC)cc1OC. The Kier molecular flexibility index (Phi) is 9.58. The van der Waals surface area contributed by atoms with Gasteiger partial charge in [0.25, 0.3) is 0 Å². The Balaban J connectivity index is 2.49. The van der Waals surface area contributed by atoms with E-state index in [1.807, 2.05) is 25.1 Å². The fourth-order valence-corrected chi connectivity index (χ4v) is 1.82. The van der Waals surface area contributed by atoms with Crippen molar-refractivity contribution in [2.45, 2.75) is 6.92 Å². The third kappa shape index (κ3) is 7.21. The topological polar surface area (TPSA) is 73.3 Å². The van der Waals surface area contributed by atoms with Crippen LogP contribution >= 0.6 is 0 Å². The second-order valence-electron chi connectivity index (χ2n) is 4.53. The van der Waals surface area contributed by atoms with E-state index in [0.717, 1.165) is 11.4 Å². The number of rotatable bonds is 10. The molecule has 0 bridgehead atoms. The molecule has 0 saturated carbocycles. The Bertz CT molecular complexity index is 480. The molecule has 0 radical (unpaired) electrons. The molecule has 23 heavy (non-hydrogen) atoms. The molecule has 0 aliphatic heterocycles. The van der Waals surface area contributed by atoms with Crippen molar-refractivity contribution in [3.05, 3.63) is 18.2 Å². The maximum atomic E-state index is 5.50. The molecule has 1 aromatic carbocycles. The summed E-state index contributed by atoms with van der Waals surface area (Å²) in [5.74, 6) is 2.05. The van der Waals surface area contributed by atoms with Gasteiger partial charge in [0.1, 0.15) is 0 Å². The van der Waals surface area contributed by atoms with Gasteiger partial charge in [0.2, 0.25) is 0 Å². The summed E-state index contributed by atoms with van der Waals surface area (Å²) in [6.07, 6.45) is 0. The Morgan fingerprint density at radius 3 is 2.61 bits per heavy atom. The van der Waals surface area contributed by atoms with Crippen LogP contribution in [-0.4, -0.2) is 60.2 Å². The zero-order valence-electron chi connectivity index (χ0n) is 14.3. The molecule has 1 aromatic rings. The van der Waals surface area contributed by atoms with Crippen LogP contribution in [0.1, 0.15) is 6.92 Å². The van der Waals surface area contributed by atoms with Gasteiger partial charge >= 0.3 is 0 Å². The minimum absolute atomic E-state index is 0.580. The smallest absolute Gasteiger partial charge is 0.195 e. The molecule has 2 N–H and O–H groups in total. The standard InChI is InChI=1S/C16H27N3O4/c1-5-23-14-7-6-13(12-15(14)21-4)19-16(17-2)18-8-9-22-11-10-20-3/h6-7,12H,5,8-11H2,1-4H3,(H2,17,18,19). The van der Waals surface area contributed by atoms with Crippen LogP contribution in [0.25, 0.3) is 0 Å². The fourth-order valence-electron chi connectivity index (χ4n) is 1.82. The van der Waals surface area contributed by atoms with Crippen molar-refractivity contribution in [1.29, 1.82) is 0 Å². The highest BCUT2D eigenvalue weighted by atomic mass is 16.5. The van der Waals surface area contributed by atoms with E-state index in [-0.39, 0.29) is 0 Å². The first kappa shape index (κ1) is 19.1. The van der Waals surface area contributed by atoms with Gasteiger partial charge in [-0.3, -0.25) is 4.99 Å². The molecule has 0 heterocycles. The van der Waals surface area contributed by atoms with Gasteiger partial charge in [0.15, 0.2) is 17.5 Å². The van der Waals surface area contributed by atoms with Crippen LogP contribution in [0, 0.1) is 0 Å². The van der Waals surface area contributed by atoms with Gasteiger partial charge in [-0.25, -0.2) is 0 Å². The van der Waals surface area contributed by atoms with Crippen LogP contribution in [0.3, 0.4) is 0 Å². The lowest BCUT2D eigenvalue weighted by Gasteiger charge is -2.14. The molecular weight excluding hydrogens is 298 g/mol. The van der Waals surface area contributed by atoms with E-state index in [9.17, 15) is 0 Å². The van der Waals surface area contributed by atoms with Gasteiger partial charge in [-0.1, -0.05) is 0 Å². The number of nitrogens with one attached hydrogen (secondary N) is 2. The van der Waals surface area contributed by atoms with Gasteiger partial charge in [-0.2, -0.15) is 0 Å². The molecule has 0 fully saturated rings. The van der Waals surface area contributed by atoms with Crippen molar-refractivity contribution < 1.29 is 18.9 Å². The summed E-state index contributed by atoms with van der Waals surface area (Å²) < 4.78 is 21.1. The number of nitrogens with zero attached hydrogens (tertiary/aromatic N) is 1. The number of hydrogen-bond acceptors (Lipinski definition) is 5. The minimum Gasteiger partial charge on any atom is -0.493 e. The van der Waals surface area contributed by atoms with Gasteiger partial charge in [0, 0.05) is 32.5 Å². The number of aliphatic imine (C=N–C) groups is 1. The normalized spacial score (nSPS) is 11.2. The molecule has 0 spiro atoms. The average molecular weight is 325 g/mol. The van der Waals surface area contributed by atoms with Crippen molar-refractivity contribution in [2.75, 3.05) is 59.6 Å². The van der Waals surface area contributed by atoms with Crippen molar-refractivity contribution in [3.63, 3.8) is 0 Å². The first-order valence-corrected chi connectivity index (χ1v) is 7.60. The molecule has 0 saturated heterocycles. The second kappa shape index (κ2) is 11.6. The molecule has 7 heteroatoms. The quantitative estimate of drug-likeness (QED) is 0.388. The fraction of sp³-hybridized carbons (Fsp3) is 0.562. The summed E-state index contributed by atoms with van der Waals surface area (Å²) in [6, 6.07) is 5.65. The number of ether oxygens (including phenoxy) is 4. The lowest BCUT2D eigenvalue weighted by Crippen LogP contribution is -2.33. The van der Waals surface area contributed by atoms with Gasteiger partial charge in [0.05, 0.1) is 33.5 Å². The molecular formula is C16H27N3O4. The van der Waals surface area contributed by atoms with Crippen molar-refractivity contribution >= 4 is 11.6 Å². The van der Waals surface area contributed by atoms with E-state index in [2.05, 4.69) is 15.6 Å². The lowest BCUT2D eigenvalue weighted by atomic mass is 10.2. The number of guanidine groups is 1. The predicted octanol–water partition coefficient (Wildman–Crippen LogP) is 1.74. The van der Waals surface area contributed by atoms with E-state index in [0.29, 0.717) is 44.7 Å². The summed E-state index contributed by atoms with van der Waals surface area (Å²) in [6.45, 7) is 4.94. The summed E-state index contributed by atoms with van der Waals surface area (Å²) in [7, 11) is 4.98. The highest BCUT2D eigenvalue weighted by molar-refractivity contribution is 5.93. The summed E-state index contributed by atoms with van der Waals surface area (Å²) >= 11 is 0. The van der Waals surface area contributed by atoms with E-state index < -0.39 is 0 Å². The first-order valence-electron chi connectivity index (χ1n) is 7.60. The average Bonchev–Trinajstić information content (AvgIpc) is 2.58. The van der Waals surface area contributed by atoms with Crippen LogP contribution in [0.4, 0.5) is 5.69 Å². The van der Waals surface area contributed by atoms with Gasteiger partial charge < -0.3 is 29.6 Å². The minimum atomic E-state index is 0.580. The van der Waals surface area contributed by atoms with Gasteiger partial charge in [-0.05, 0) is 19.1 Å². The number of anilines is 1. The predicted molar refractivity (Wildman–Crippen MR) is 91.8 cm³/mol. The van der Waals surface area contributed by atoms with E-state index in [1.165, 1.54) is 0 Å². The Morgan fingerprint density at radius 2 is 1.96 bits per heavy atom. The van der Waals surface area contributed by atoms with Crippen LogP contribution in [0.2, 0.25) is 0 Å². The largest absolute Gasteiger partial charge is 0.493 e. The van der Waals surface area contributed by atoms with E-state index in [1.54, 1.807) is 21.3 Å². The second-order valence-corrected chi connectivity index (χ2v) is 4.53. The number of hydrogen-bond donors (Lipinski definition) is 2. The maximum Gasteiger partial charge on any atom is 0.195 e. The first-order chi connectivity index (χ1) is 11.2. The Morgan fingerprint density at radius 1 is 1.13 bits per heavy atom. The molecule has 0 amide bonds. The molecule has 0 unspecified atom stereocenters. The molecule has 0 aliphatic rings. The maximum absolute atomic E-state index is 5.50. The zero-order chi connectivity index (χ0) is 16.9. The van der Waals surface area contributed by atoms with Gasteiger partial charge in [-0.15, -0.1) is 0 Å². The third-order valence-corrected chi connectivity index (χ3v) is 2.92. The van der Waals surface area contributed by atoms with E-state index in [4.69, 9.17) is 18.9 Å².